The summed E-state index contributed by atoms with van der Waals surface area (Å²) in [4.78, 5) is 16.8. The summed E-state index contributed by atoms with van der Waals surface area (Å²) >= 11 is 0. The third-order valence-electron chi connectivity index (χ3n) is 4.33. The number of anilines is 1. The Kier molecular flexibility index (Phi) is 7.22. The third kappa shape index (κ3) is 5.16. The van der Waals surface area contributed by atoms with Crippen molar-refractivity contribution in [2.24, 2.45) is 5.73 Å². The summed E-state index contributed by atoms with van der Waals surface area (Å²) in [5.41, 5.74) is 1.52. The number of aromatic nitrogens is 1. The standard InChI is InChI=1S/C18H20F4N5O2Si/c1-10(3-4-12(19)8-23)26-17(29)30-15(28)5-6-27(30)16-13(9-24)14(18(20,21)22)7-11(2)25-16/h3-4,7-8,10,15,28H,5-6,23H2,1-2H3,(H,26,29)/b4-3-,12-8+/t10?,15-/m1/s1. The zero-order chi connectivity index (χ0) is 22.6. The van der Waals surface area contributed by atoms with E-state index in [2.05, 4.69) is 10.3 Å². The number of amides is 1. The number of hydrogen-bond acceptors (Lipinski definition) is 6. The second kappa shape index (κ2) is 9.27. The first-order chi connectivity index (χ1) is 14.0. The van der Waals surface area contributed by atoms with Crippen molar-refractivity contribution in [3.05, 3.63) is 47.1 Å². The lowest BCUT2D eigenvalue weighted by Gasteiger charge is -2.27. The number of rotatable bonds is 5. The molecule has 1 amide bonds. The number of carbonyl (C=O) groups excluding carboxylic acids is 1. The lowest BCUT2D eigenvalue weighted by molar-refractivity contribution is -0.137. The summed E-state index contributed by atoms with van der Waals surface area (Å²) in [5.74, 6) is -0.986. The molecule has 30 heavy (non-hydrogen) atoms. The number of alkyl halides is 3. The van der Waals surface area contributed by atoms with Gasteiger partial charge in [0.2, 0.25) is 5.53 Å². The molecule has 1 aromatic heterocycles. The van der Waals surface area contributed by atoms with Gasteiger partial charge in [0.05, 0.1) is 11.3 Å². The number of halogens is 4. The van der Waals surface area contributed by atoms with Crippen molar-refractivity contribution in [2.75, 3.05) is 11.1 Å². The molecule has 1 fully saturated rings. The molecule has 0 aliphatic carbocycles. The third-order valence-corrected chi connectivity index (χ3v) is 6.88. The van der Waals surface area contributed by atoms with Gasteiger partial charge in [0.15, 0.2) is 0 Å². The molecule has 1 saturated heterocycles. The van der Waals surface area contributed by atoms with Crippen LogP contribution in [0.2, 0.25) is 0 Å². The Bertz CT molecular complexity index is 913. The summed E-state index contributed by atoms with van der Waals surface area (Å²) in [5, 5.41) is 22.3. The van der Waals surface area contributed by atoms with Gasteiger partial charge in [0.1, 0.15) is 23.3 Å². The highest BCUT2D eigenvalue weighted by atomic mass is 28.3. The highest BCUT2D eigenvalue weighted by Crippen LogP contribution is 2.37. The van der Waals surface area contributed by atoms with E-state index in [1.54, 1.807) is 6.92 Å². The highest BCUT2D eigenvalue weighted by Gasteiger charge is 2.45. The molecule has 1 radical (unpaired) electrons. The molecule has 0 saturated carbocycles. The molecule has 1 aliphatic rings. The predicted molar refractivity (Wildman–Crippen MR) is 103 cm³/mol. The number of nitrogens with one attached hydrogen (secondary N) is 1. The lowest BCUT2D eigenvalue weighted by atomic mass is 10.1. The first kappa shape index (κ1) is 23.4. The van der Waals surface area contributed by atoms with Gasteiger partial charge in [-0.1, -0.05) is 6.08 Å². The molecule has 2 heterocycles. The molecule has 1 aliphatic heterocycles. The fourth-order valence-corrected chi connectivity index (χ4v) is 5.43. The average molecular weight is 442 g/mol. The summed E-state index contributed by atoms with van der Waals surface area (Å²) in [7, 11) is -2.52. The molecule has 0 spiro atoms. The minimum atomic E-state index is -4.78. The average Bonchev–Trinajstić information content (AvgIpc) is 3.06. The van der Waals surface area contributed by atoms with Gasteiger partial charge in [-0.25, -0.2) is 9.37 Å². The zero-order valence-electron chi connectivity index (χ0n) is 16.2. The number of nitrogens with zero attached hydrogens (tertiary/aromatic N) is 3. The van der Waals surface area contributed by atoms with Crippen molar-refractivity contribution in [1.29, 1.82) is 5.26 Å². The maximum absolute atomic E-state index is 13.4. The van der Waals surface area contributed by atoms with Crippen molar-refractivity contribution in [3.63, 3.8) is 0 Å². The number of carbonyl (C=O) groups is 1. The van der Waals surface area contributed by atoms with Crippen LogP contribution in [0, 0.1) is 18.3 Å². The molecule has 4 N–H and O–H groups in total. The van der Waals surface area contributed by atoms with Crippen molar-refractivity contribution < 1.29 is 27.5 Å². The van der Waals surface area contributed by atoms with Crippen LogP contribution in [0.3, 0.4) is 0 Å². The van der Waals surface area contributed by atoms with Gasteiger partial charge in [-0.15, -0.1) is 0 Å². The first-order valence-electron chi connectivity index (χ1n) is 8.87. The number of aliphatic hydroxyl groups is 1. The van der Waals surface area contributed by atoms with Crippen LogP contribution in [0.15, 0.2) is 30.2 Å². The van der Waals surface area contributed by atoms with Gasteiger partial charge in [-0.05, 0) is 32.4 Å². The maximum Gasteiger partial charge on any atom is 0.417 e. The number of hydrogen-bond donors (Lipinski definition) is 3. The molecule has 1 aromatic rings. The molecule has 2 atom stereocenters. The fraction of sp³-hybridized carbons (Fsp3) is 0.389. The van der Waals surface area contributed by atoms with Crippen molar-refractivity contribution in [1.82, 2.24) is 10.3 Å². The van der Waals surface area contributed by atoms with Crippen LogP contribution in [0.4, 0.5) is 28.2 Å². The normalized spacial score (nSPS) is 19.2. The molecule has 161 valence electrons. The van der Waals surface area contributed by atoms with E-state index in [4.69, 9.17) is 5.73 Å². The molecule has 1 unspecified atom stereocenters. The van der Waals surface area contributed by atoms with Gasteiger partial charge in [-0.3, -0.25) is 4.79 Å². The Morgan fingerprint density at radius 3 is 2.80 bits per heavy atom. The number of nitriles is 1. The number of aryl methyl sites for hydroxylation is 1. The van der Waals surface area contributed by atoms with Crippen molar-refractivity contribution >= 4 is 20.3 Å². The van der Waals surface area contributed by atoms with Gasteiger partial charge < -0.3 is 20.7 Å². The second-order valence-corrected chi connectivity index (χ2v) is 9.06. The SMILES string of the molecule is Cc1cc(C(F)(F)F)c(C#N)c(N2CC[C@H](O)[Si]2C(=O)NC(C)/C=C\C(F)=C/N)n1. The Labute approximate surface area is 172 Å². The van der Waals surface area contributed by atoms with Crippen molar-refractivity contribution in [3.8, 4) is 6.07 Å². The van der Waals surface area contributed by atoms with E-state index >= 15 is 0 Å². The lowest BCUT2D eigenvalue weighted by Crippen LogP contribution is -2.54. The van der Waals surface area contributed by atoms with E-state index in [1.165, 1.54) is 23.6 Å². The smallest absolute Gasteiger partial charge is 0.402 e. The Morgan fingerprint density at radius 1 is 1.57 bits per heavy atom. The zero-order valence-corrected chi connectivity index (χ0v) is 17.2. The van der Waals surface area contributed by atoms with Crippen LogP contribution in [0.25, 0.3) is 0 Å². The van der Waals surface area contributed by atoms with Gasteiger partial charge >= 0.3 is 15.1 Å². The molecule has 0 aromatic carbocycles. The van der Waals surface area contributed by atoms with Gasteiger partial charge in [0.25, 0.3) is 0 Å². The van der Waals surface area contributed by atoms with E-state index in [0.29, 0.717) is 0 Å². The monoisotopic (exact) mass is 442 g/mol. The molecule has 2 rings (SSSR count). The molecular formula is C18H20F4N5O2Si. The minimum absolute atomic E-state index is 0.0276. The van der Waals surface area contributed by atoms with Crippen molar-refractivity contribution in [2.45, 2.75) is 38.2 Å². The highest BCUT2D eigenvalue weighted by molar-refractivity contribution is 6.93. The fourth-order valence-electron chi connectivity index (χ4n) is 2.99. The van der Waals surface area contributed by atoms with Crippen LogP contribution < -0.4 is 15.6 Å². The molecular weight excluding hydrogens is 422 g/mol. The summed E-state index contributed by atoms with van der Waals surface area (Å²) in [6, 6.07) is 1.67. The van der Waals surface area contributed by atoms with Gasteiger partial charge in [0, 0.05) is 24.5 Å². The maximum atomic E-state index is 13.4. The quantitative estimate of drug-likeness (QED) is 0.366. The number of aliphatic hydroxyl groups excluding tert-OH is 1. The number of allylic oxidation sites excluding steroid dienone is 2. The minimum Gasteiger partial charge on any atom is -0.402 e. The topological polar surface area (TPSA) is 115 Å². The summed E-state index contributed by atoms with van der Waals surface area (Å²) < 4.78 is 54.6. The van der Waals surface area contributed by atoms with Crippen LogP contribution in [-0.4, -0.2) is 42.9 Å². The molecule has 7 nitrogen and oxygen atoms in total. The molecule has 12 heteroatoms. The first-order valence-corrected chi connectivity index (χ1v) is 10.4. The van der Waals surface area contributed by atoms with Crippen LogP contribution in [-0.2, 0) is 6.18 Å². The Balaban J connectivity index is 2.38. The van der Waals surface area contributed by atoms with Crippen LogP contribution >= 0.6 is 0 Å². The van der Waals surface area contributed by atoms with E-state index in [0.717, 1.165) is 18.3 Å². The predicted octanol–water partition coefficient (Wildman–Crippen LogP) is 2.39. The van der Waals surface area contributed by atoms with E-state index in [-0.39, 0.29) is 24.5 Å². The Hall–Kier alpha value is -2.91. The molecule has 0 bridgehead atoms. The van der Waals surface area contributed by atoms with E-state index < -0.39 is 49.4 Å². The van der Waals surface area contributed by atoms with Crippen LogP contribution in [0.5, 0.6) is 0 Å². The summed E-state index contributed by atoms with van der Waals surface area (Å²) in [6.07, 6.45) is -1.51. The Morgan fingerprint density at radius 2 is 2.23 bits per heavy atom. The van der Waals surface area contributed by atoms with Crippen LogP contribution in [0.1, 0.15) is 30.2 Å². The largest absolute Gasteiger partial charge is 0.417 e. The number of pyridine rings is 1. The number of nitrogens with two attached hydrogens (primary N) is 1. The summed E-state index contributed by atoms with van der Waals surface area (Å²) in [6.45, 7) is 2.98. The second-order valence-electron chi connectivity index (χ2n) is 6.63. The van der Waals surface area contributed by atoms with E-state index in [1.807, 2.05) is 0 Å². The van der Waals surface area contributed by atoms with Gasteiger partial charge in [-0.2, -0.15) is 18.4 Å². The van der Waals surface area contributed by atoms with E-state index in [9.17, 15) is 32.7 Å².